The van der Waals surface area contributed by atoms with Gasteiger partial charge >= 0.3 is 0 Å². The first-order valence-electron chi connectivity index (χ1n) is 5.31. The van der Waals surface area contributed by atoms with Crippen LogP contribution >= 0.6 is 15.9 Å². The lowest BCUT2D eigenvalue weighted by atomic mass is 10.2. The van der Waals surface area contributed by atoms with Crippen molar-refractivity contribution in [2.45, 2.75) is 12.5 Å². The summed E-state index contributed by atoms with van der Waals surface area (Å²) in [5, 5.41) is 3.23. The molecule has 2 rings (SSSR count). The van der Waals surface area contributed by atoms with Gasteiger partial charge in [0.05, 0.1) is 24.3 Å². The number of anilines is 1. The maximum absolute atomic E-state index is 11.4. The summed E-state index contributed by atoms with van der Waals surface area (Å²) in [5.74, 6) is 1.22. The molecule has 1 aromatic rings. The van der Waals surface area contributed by atoms with E-state index in [0.717, 1.165) is 15.9 Å². The van der Waals surface area contributed by atoms with Gasteiger partial charge in [0.25, 0.3) is 0 Å². The number of halogens is 1. The smallest absolute Gasteiger partial charge is 0.152 e. The molecule has 0 aliphatic carbocycles. The van der Waals surface area contributed by atoms with Gasteiger partial charge in [-0.2, -0.15) is 0 Å². The van der Waals surface area contributed by atoms with Crippen LogP contribution in [-0.4, -0.2) is 33.1 Å². The molecule has 1 aliphatic rings. The summed E-state index contributed by atoms with van der Waals surface area (Å²) >= 11 is 3.43. The Kier molecular flexibility index (Phi) is 3.63. The molecule has 17 heavy (non-hydrogen) atoms. The Labute approximate surface area is 109 Å². The van der Waals surface area contributed by atoms with Crippen molar-refractivity contribution < 1.29 is 13.2 Å². The number of hydrogen-bond acceptors (Lipinski definition) is 4. The van der Waals surface area contributed by atoms with Crippen molar-refractivity contribution in [2.75, 3.05) is 23.9 Å². The molecule has 1 unspecified atom stereocenters. The van der Waals surface area contributed by atoms with Crippen molar-refractivity contribution in [1.29, 1.82) is 0 Å². The van der Waals surface area contributed by atoms with E-state index in [0.29, 0.717) is 6.42 Å². The minimum absolute atomic E-state index is 0.0107. The predicted molar refractivity (Wildman–Crippen MR) is 71.4 cm³/mol. The zero-order chi connectivity index (χ0) is 12.5. The Balaban J connectivity index is 2.13. The number of ether oxygens (including phenoxy) is 1. The van der Waals surface area contributed by atoms with Crippen LogP contribution in [0.3, 0.4) is 0 Å². The van der Waals surface area contributed by atoms with Gasteiger partial charge in [-0.3, -0.25) is 0 Å². The molecular formula is C11H14BrNO3S. The number of nitrogens with one attached hydrogen (secondary N) is 1. The van der Waals surface area contributed by atoms with E-state index in [1.807, 2.05) is 18.2 Å². The molecule has 1 N–H and O–H groups in total. The highest BCUT2D eigenvalue weighted by Crippen LogP contribution is 2.29. The van der Waals surface area contributed by atoms with E-state index >= 15 is 0 Å². The van der Waals surface area contributed by atoms with Crippen molar-refractivity contribution in [1.82, 2.24) is 0 Å². The number of rotatable bonds is 3. The third-order valence-electron chi connectivity index (χ3n) is 2.77. The van der Waals surface area contributed by atoms with E-state index in [1.54, 1.807) is 7.11 Å². The highest BCUT2D eigenvalue weighted by Gasteiger charge is 2.28. The standard InChI is InChI=1S/C11H14BrNO3S/c1-16-9-2-3-10(12)11(6-9)13-8-4-5-17(14,15)7-8/h2-3,6,8,13H,4-5,7H2,1H3. The number of benzene rings is 1. The lowest BCUT2D eigenvalue weighted by molar-refractivity contribution is 0.415. The minimum atomic E-state index is -2.85. The van der Waals surface area contributed by atoms with Crippen LogP contribution in [0.25, 0.3) is 0 Å². The zero-order valence-corrected chi connectivity index (χ0v) is 11.8. The lowest BCUT2D eigenvalue weighted by Gasteiger charge is -2.14. The van der Waals surface area contributed by atoms with Gasteiger partial charge in [0.2, 0.25) is 0 Å². The van der Waals surface area contributed by atoms with Crippen LogP contribution in [0.1, 0.15) is 6.42 Å². The lowest BCUT2D eigenvalue weighted by Crippen LogP contribution is -2.20. The van der Waals surface area contributed by atoms with Crippen LogP contribution in [0.15, 0.2) is 22.7 Å². The molecule has 94 valence electrons. The fraction of sp³-hybridized carbons (Fsp3) is 0.455. The predicted octanol–water partition coefficient (Wildman–Crippen LogP) is 2.06. The molecule has 0 saturated carbocycles. The van der Waals surface area contributed by atoms with E-state index in [2.05, 4.69) is 21.2 Å². The van der Waals surface area contributed by atoms with Gasteiger partial charge in [-0.25, -0.2) is 8.42 Å². The number of methoxy groups -OCH3 is 1. The van der Waals surface area contributed by atoms with Gasteiger partial charge < -0.3 is 10.1 Å². The number of hydrogen-bond donors (Lipinski definition) is 1. The van der Waals surface area contributed by atoms with Crippen LogP contribution in [0.4, 0.5) is 5.69 Å². The second kappa shape index (κ2) is 4.86. The van der Waals surface area contributed by atoms with Crippen molar-refractivity contribution in [2.24, 2.45) is 0 Å². The van der Waals surface area contributed by atoms with E-state index in [-0.39, 0.29) is 17.5 Å². The van der Waals surface area contributed by atoms with Gasteiger partial charge in [-0.15, -0.1) is 0 Å². The van der Waals surface area contributed by atoms with Crippen LogP contribution in [0.5, 0.6) is 5.75 Å². The fourth-order valence-electron chi connectivity index (χ4n) is 1.87. The average Bonchev–Trinajstić information content (AvgIpc) is 2.61. The van der Waals surface area contributed by atoms with Crippen molar-refractivity contribution in [3.63, 3.8) is 0 Å². The maximum atomic E-state index is 11.4. The Morgan fingerprint density at radius 2 is 2.24 bits per heavy atom. The molecular weight excluding hydrogens is 306 g/mol. The van der Waals surface area contributed by atoms with Crippen LogP contribution in [0.2, 0.25) is 0 Å². The van der Waals surface area contributed by atoms with E-state index in [4.69, 9.17) is 4.74 Å². The number of sulfone groups is 1. The molecule has 1 heterocycles. The van der Waals surface area contributed by atoms with E-state index < -0.39 is 9.84 Å². The summed E-state index contributed by atoms with van der Waals surface area (Å²) in [6, 6.07) is 5.57. The highest BCUT2D eigenvalue weighted by molar-refractivity contribution is 9.10. The summed E-state index contributed by atoms with van der Waals surface area (Å²) in [7, 11) is -1.25. The summed E-state index contributed by atoms with van der Waals surface area (Å²) in [6.45, 7) is 0. The van der Waals surface area contributed by atoms with Crippen LogP contribution < -0.4 is 10.1 Å². The average molecular weight is 320 g/mol. The third-order valence-corrected chi connectivity index (χ3v) is 5.23. The molecule has 0 aromatic heterocycles. The largest absolute Gasteiger partial charge is 0.497 e. The minimum Gasteiger partial charge on any atom is -0.497 e. The first-order chi connectivity index (χ1) is 8.00. The van der Waals surface area contributed by atoms with Crippen LogP contribution in [0, 0.1) is 0 Å². The third kappa shape index (κ3) is 3.13. The summed E-state index contributed by atoms with van der Waals surface area (Å²) in [4.78, 5) is 0. The van der Waals surface area contributed by atoms with Gasteiger partial charge in [0, 0.05) is 16.6 Å². The molecule has 0 radical (unpaired) electrons. The molecule has 1 aromatic carbocycles. The van der Waals surface area contributed by atoms with Crippen molar-refractivity contribution in [3.05, 3.63) is 22.7 Å². The topological polar surface area (TPSA) is 55.4 Å². The summed E-state index contributed by atoms with van der Waals surface area (Å²) in [5.41, 5.74) is 0.867. The van der Waals surface area contributed by atoms with Gasteiger partial charge in [-0.1, -0.05) is 0 Å². The molecule has 0 spiro atoms. The first kappa shape index (κ1) is 12.7. The summed E-state index contributed by atoms with van der Waals surface area (Å²) < 4.78 is 28.8. The first-order valence-corrected chi connectivity index (χ1v) is 7.92. The molecule has 4 nitrogen and oxygen atoms in total. The molecule has 0 bridgehead atoms. The molecule has 1 aliphatic heterocycles. The fourth-order valence-corrected chi connectivity index (χ4v) is 3.91. The van der Waals surface area contributed by atoms with Gasteiger partial charge in [-0.05, 0) is 34.5 Å². The zero-order valence-electron chi connectivity index (χ0n) is 9.44. The summed E-state index contributed by atoms with van der Waals surface area (Å²) in [6.07, 6.45) is 0.659. The molecule has 1 fully saturated rings. The quantitative estimate of drug-likeness (QED) is 0.926. The van der Waals surface area contributed by atoms with Crippen molar-refractivity contribution in [3.8, 4) is 5.75 Å². The molecule has 1 saturated heterocycles. The van der Waals surface area contributed by atoms with Crippen molar-refractivity contribution >= 4 is 31.5 Å². The normalized spacial score (nSPS) is 22.4. The van der Waals surface area contributed by atoms with Gasteiger partial charge in [0.1, 0.15) is 5.75 Å². The monoisotopic (exact) mass is 319 g/mol. The second-order valence-electron chi connectivity index (χ2n) is 4.09. The Morgan fingerprint density at radius 1 is 1.47 bits per heavy atom. The molecule has 6 heteroatoms. The van der Waals surface area contributed by atoms with E-state index in [1.165, 1.54) is 0 Å². The Hall–Kier alpha value is -0.750. The molecule has 0 amide bonds. The Bertz CT molecular complexity index is 515. The SMILES string of the molecule is COc1ccc(Br)c(NC2CCS(=O)(=O)C2)c1. The molecule has 1 atom stereocenters. The van der Waals surface area contributed by atoms with Crippen LogP contribution in [-0.2, 0) is 9.84 Å². The maximum Gasteiger partial charge on any atom is 0.152 e. The second-order valence-corrected chi connectivity index (χ2v) is 7.17. The van der Waals surface area contributed by atoms with E-state index in [9.17, 15) is 8.42 Å². The Morgan fingerprint density at radius 3 is 2.82 bits per heavy atom. The highest BCUT2D eigenvalue weighted by atomic mass is 79.9. The van der Waals surface area contributed by atoms with Gasteiger partial charge in [0.15, 0.2) is 9.84 Å².